The smallest absolute Gasteiger partial charge is 0.159 e. The molecule has 26 heavy (non-hydrogen) atoms. The van der Waals surface area contributed by atoms with Gasteiger partial charge in [-0.25, -0.2) is 15.0 Å². The van der Waals surface area contributed by atoms with Crippen LogP contribution in [-0.2, 0) is 13.6 Å². The summed E-state index contributed by atoms with van der Waals surface area (Å²) in [5.74, 6) is 2.50. The second-order valence-electron chi connectivity index (χ2n) is 7.21. The maximum atomic E-state index is 4.73. The van der Waals surface area contributed by atoms with Crippen molar-refractivity contribution in [1.29, 1.82) is 0 Å². The van der Waals surface area contributed by atoms with Crippen LogP contribution in [0.15, 0.2) is 48.9 Å². The zero-order valence-corrected chi connectivity index (χ0v) is 15.5. The number of aromatic nitrogens is 4. The van der Waals surface area contributed by atoms with Gasteiger partial charge in [0, 0.05) is 55.8 Å². The molecule has 0 bridgehead atoms. The molecule has 0 unspecified atom stereocenters. The second kappa shape index (κ2) is 7.38. The van der Waals surface area contributed by atoms with Gasteiger partial charge in [0.1, 0.15) is 5.82 Å². The van der Waals surface area contributed by atoms with Crippen molar-refractivity contribution in [3.05, 3.63) is 66.0 Å². The van der Waals surface area contributed by atoms with Crippen LogP contribution in [0.2, 0.25) is 0 Å². The molecule has 0 spiro atoms. The number of benzene rings is 1. The molecule has 1 aliphatic rings. The molecule has 1 saturated heterocycles. The third-order valence-corrected chi connectivity index (χ3v) is 5.05. The maximum absolute atomic E-state index is 4.73. The lowest BCUT2D eigenvalue weighted by molar-refractivity contribution is 0.195. The van der Waals surface area contributed by atoms with Crippen LogP contribution in [0.25, 0.3) is 11.4 Å². The Hall–Kier alpha value is -2.53. The Labute approximate surface area is 154 Å². The van der Waals surface area contributed by atoms with E-state index in [0.717, 1.165) is 36.7 Å². The average molecular weight is 347 g/mol. The summed E-state index contributed by atoms with van der Waals surface area (Å²) in [6, 6.07) is 10.1. The van der Waals surface area contributed by atoms with Gasteiger partial charge in [-0.3, -0.25) is 4.90 Å². The van der Waals surface area contributed by atoms with Gasteiger partial charge in [-0.1, -0.05) is 30.3 Å². The van der Waals surface area contributed by atoms with E-state index in [4.69, 9.17) is 4.98 Å². The number of hydrogen-bond donors (Lipinski definition) is 0. The van der Waals surface area contributed by atoms with E-state index in [1.54, 1.807) is 0 Å². The summed E-state index contributed by atoms with van der Waals surface area (Å²) in [4.78, 5) is 16.3. The van der Waals surface area contributed by atoms with E-state index >= 15 is 0 Å². The van der Waals surface area contributed by atoms with Gasteiger partial charge in [0.25, 0.3) is 0 Å². The lowest BCUT2D eigenvalue weighted by atomic mass is 9.97. The second-order valence-corrected chi connectivity index (χ2v) is 7.21. The van der Waals surface area contributed by atoms with Gasteiger partial charge in [-0.05, 0) is 26.3 Å². The molecule has 1 aromatic carbocycles. The summed E-state index contributed by atoms with van der Waals surface area (Å²) in [6.07, 6.45) is 8.46. The minimum Gasteiger partial charge on any atom is -0.337 e. The minimum atomic E-state index is 0.506. The monoisotopic (exact) mass is 347 g/mol. The number of piperidine rings is 1. The molecule has 0 amide bonds. The number of aryl methyl sites for hydroxylation is 2. The molecule has 4 rings (SSSR count). The number of hydrogen-bond acceptors (Lipinski definition) is 4. The highest BCUT2D eigenvalue weighted by atomic mass is 15.1. The number of likely N-dealkylation sites (tertiary alicyclic amines) is 1. The molecule has 5 nitrogen and oxygen atoms in total. The summed E-state index contributed by atoms with van der Waals surface area (Å²) >= 11 is 0. The number of nitrogens with zero attached hydrogens (tertiary/aromatic N) is 5. The molecular formula is C21H25N5. The highest BCUT2D eigenvalue weighted by Crippen LogP contribution is 2.27. The fourth-order valence-corrected chi connectivity index (χ4v) is 3.85. The van der Waals surface area contributed by atoms with Crippen molar-refractivity contribution in [1.82, 2.24) is 24.4 Å². The van der Waals surface area contributed by atoms with E-state index in [0.29, 0.717) is 5.92 Å². The summed E-state index contributed by atoms with van der Waals surface area (Å²) in [5.41, 5.74) is 3.33. The highest BCUT2D eigenvalue weighted by molar-refractivity contribution is 5.53. The predicted molar refractivity (Wildman–Crippen MR) is 103 cm³/mol. The average Bonchev–Trinajstić information content (AvgIpc) is 3.01. The SMILES string of the molecule is Cc1cn(C)c([C@H]2CCCN(Cc3cnc(-c4ccccc4)nc3)C2)n1. The highest BCUT2D eigenvalue weighted by Gasteiger charge is 2.24. The van der Waals surface area contributed by atoms with Crippen LogP contribution in [0.4, 0.5) is 0 Å². The third-order valence-electron chi connectivity index (χ3n) is 5.05. The first kappa shape index (κ1) is 16.9. The van der Waals surface area contributed by atoms with Crippen LogP contribution in [0.5, 0.6) is 0 Å². The first-order valence-electron chi connectivity index (χ1n) is 9.27. The third kappa shape index (κ3) is 3.68. The Morgan fingerprint density at radius 3 is 2.58 bits per heavy atom. The minimum absolute atomic E-state index is 0.506. The van der Waals surface area contributed by atoms with Crippen molar-refractivity contribution in [2.75, 3.05) is 13.1 Å². The quantitative estimate of drug-likeness (QED) is 0.724. The van der Waals surface area contributed by atoms with E-state index < -0.39 is 0 Å². The predicted octanol–water partition coefficient (Wildman–Crippen LogP) is 3.57. The van der Waals surface area contributed by atoms with Gasteiger partial charge in [0.2, 0.25) is 0 Å². The molecule has 0 radical (unpaired) electrons. The van der Waals surface area contributed by atoms with Crippen LogP contribution in [0.3, 0.4) is 0 Å². The maximum Gasteiger partial charge on any atom is 0.159 e. The van der Waals surface area contributed by atoms with Crippen molar-refractivity contribution < 1.29 is 0 Å². The molecule has 3 aromatic rings. The van der Waals surface area contributed by atoms with Crippen LogP contribution >= 0.6 is 0 Å². The summed E-state index contributed by atoms with van der Waals surface area (Å²) < 4.78 is 2.18. The number of imidazole rings is 1. The van der Waals surface area contributed by atoms with Crippen molar-refractivity contribution in [3.63, 3.8) is 0 Å². The van der Waals surface area contributed by atoms with E-state index in [2.05, 4.69) is 39.6 Å². The Morgan fingerprint density at radius 2 is 1.88 bits per heavy atom. The van der Waals surface area contributed by atoms with Crippen molar-refractivity contribution >= 4 is 0 Å². The fourth-order valence-electron chi connectivity index (χ4n) is 3.85. The zero-order chi connectivity index (χ0) is 17.9. The van der Waals surface area contributed by atoms with Gasteiger partial charge in [0.15, 0.2) is 5.82 Å². The van der Waals surface area contributed by atoms with Crippen LogP contribution in [0, 0.1) is 6.92 Å². The van der Waals surface area contributed by atoms with Crippen molar-refractivity contribution in [3.8, 4) is 11.4 Å². The number of rotatable bonds is 4. The van der Waals surface area contributed by atoms with Gasteiger partial charge < -0.3 is 4.57 Å². The Kier molecular flexibility index (Phi) is 4.80. The molecule has 0 aliphatic carbocycles. The largest absolute Gasteiger partial charge is 0.337 e. The molecule has 1 aliphatic heterocycles. The lowest BCUT2D eigenvalue weighted by Crippen LogP contribution is -2.34. The molecule has 5 heteroatoms. The van der Waals surface area contributed by atoms with Gasteiger partial charge in [-0.2, -0.15) is 0 Å². The van der Waals surface area contributed by atoms with Crippen LogP contribution in [-0.4, -0.2) is 37.5 Å². The van der Waals surface area contributed by atoms with E-state index in [-0.39, 0.29) is 0 Å². The Morgan fingerprint density at radius 1 is 1.12 bits per heavy atom. The molecule has 1 fully saturated rings. The summed E-state index contributed by atoms with van der Waals surface area (Å²) in [5, 5.41) is 0. The molecule has 1 atom stereocenters. The van der Waals surface area contributed by atoms with Crippen molar-refractivity contribution in [2.24, 2.45) is 7.05 Å². The van der Waals surface area contributed by atoms with Gasteiger partial charge in [0.05, 0.1) is 5.69 Å². The fraction of sp³-hybridized carbons (Fsp3) is 0.381. The van der Waals surface area contributed by atoms with Gasteiger partial charge >= 0.3 is 0 Å². The Balaban J connectivity index is 1.43. The van der Waals surface area contributed by atoms with E-state index in [9.17, 15) is 0 Å². The molecule has 3 heterocycles. The normalized spacial score (nSPS) is 18.2. The first-order valence-corrected chi connectivity index (χ1v) is 9.27. The summed E-state index contributed by atoms with van der Waals surface area (Å²) in [6.45, 7) is 5.13. The van der Waals surface area contributed by atoms with E-state index in [1.807, 2.05) is 42.7 Å². The molecule has 134 valence electrons. The topological polar surface area (TPSA) is 46.8 Å². The van der Waals surface area contributed by atoms with Gasteiger partial charge in [-0.15, -0.1) is 0 Å². The molecular weight excluding hydrogens is 322 g/mol. The van der Waals surface area contributed by atoms with Crippen molar-refractivity contribution in [2.45, 2.75) is 32.2 Å². The first-order chi connectivity index (χ1) is 12.7. The standard InChI is InChI=1S/C21H25N5/c1-16-13-25(2)21(24-16)19-9-6-10-26(15-19)14-17-11-22-20(23-12-17)18-7-4-3-5-8-18/h3-5,7-8,11-13,19H,6,9-10,14-15H2,1-2H3/t19-/m0/s1. The Bertz CT molecular complexity index is 854. The zero-order valence-electron chi connectivity index (χ0n) is 15.5. The lowest BCUT2D eigenvalue weighted by Gasteiger charge is -2.32. The van der Waals surface area contributed by atoms with Crippen LogP contribution < -0.4 is 0 Å². The van der Waals surface area contributed by atoms with E-state index in [1.165, 1.54) is 24.2 Å². The molecule has 0 saturated carbocycles. The summed E-state index contributed by atoms with van der Waals surface area (Å²) in [7, 11) is 2.10. The molecule has 0 N–H and O–H groups in total. The van der Waals surface area contributed by atoms with Crippen LogP contribution in [0.1, 0.15) is 35.8 Å². The molecule has 2 aromatic heterocycles.